The number of aromatic nitrogens is 2. The largest absolute Gasteiger partial charge is 0.368 e. The Morgan fingerprint density at radius 3 is 2.48 bits per heavy atom. The summed E-state index contributed by atoms with van der Waals surface area (Å²) in [6.45, 7) is 3.99. The molecule has 2 fully saturated rings. The second kappa shape index (κ2) is 8.32. The minimum atomic E-state index is -0.689. The van der Waals surface area contributed by atoms with E-state index < -0.39 is 6.04 Å². The number of urea groups is 1. The Bertz CT molecular complexity index is 877. The molecule has 0 spiro atoms. The van der Waals surface area contributed by atoms with Crippen LogP contribution in [0.15, 0.2) is 24.3 Å². The monoisotopic (exact) mass is 418 g/mol. The van der Waals surface area contributed by atoms with Crippen LogP contribution in [0.3, 0.4) is 0 Å². The lowest BCUT2D eigenvalue weighted by molar-refractivity contribution is -0.117. The van der Waals surface area contributed by atoms with Crippen molar-refractivity contribution in [3.63, 3.8) is 0 Å². The molecule has 2 heterocycles. The zero-order chi connectivity index (χ0) is 20.4. The molecule has 2 aromatic rings. The highest BCUT2D eigenvalue weighted by Gasteiger charge is 2.28. The van der Waals surface area contributed by atoms with Crippen LogP contribution in [0.4, 0.5) is 20.0 Å². The quantitative estimate of drug-likeness (QED) is 0.778. The van der Waals surface area contributed by atoms with Gasteiger partial charge >= 0.3 is 6.03 Å². The average Bonchev–Trinajstić information content (AvgIpc) is 3.48. The molecule has 1 aromatic heterocycles. The lowest BCUT2D eigenvalue weighted by Crippen LogP contribution is -2.54. The first kappa shape index (κ1) is 19.6. The van der Waals surface area contributed by atoms with Crippen LogP contribution in [0.1, 0.15) is 30.7 Å². The van der Waals surface area contributed by atoms with E-state index in [9.17, 15) is 14.0 Å². The molecular formula is C19H23FN6O2S. The second-order valence-corrected chi connectivity index (χ2v) is 8.34. The van der Waals surface area contributed by atoms with Gasteiger partial charge in [-0.1, -0.05) is 11.3 Å². The summed E-state index contributed by atoms with van der Waals surface area (Å²) in [6.07, 6.45) is 2.26. The highest BCUT2D eigenvalue weighted by atomic mass is 32.1. The van der Waals surface area contributed by atoms with Gasteiger partial charge in [0.25, 0.3) is 0 Å². The summed E-state index contributed by atoms with van der Waals surface area (Å²) in [6, 6.07) is 5.37. The number of nitrogens with one attached hydrogen (secondary N) is 2. The highest BCUT2D eigenvalue weighted by Crippen LogP contribution is 2.42. The van der Waals surface area contributed by atoms with Crippen molar-refractivity contribution in [1.82, 2.24) is 20.4 Å². The Kier molecular flexibility index (Phi) is 5.61. The van der Waals surface area contributed by atoms with E-state index >= 15 is 0 Å². The van der Waals surface area contributed by atoms with Crippen LogP contribution in [0.5, 0.6) is 0 Å². The summed E-state index contributed by atoms with van der Waals surface area (Å²) in [4.78, 5) is 28.6. The van der Waals surface area contributed by atoms with Gasteiger partial charge in [0.2, 0.25) is 11.0 Å². The maximum atomic E-state index is 13.1. The first-order valence-electron chi connectivity index (χ1n) is 9.70. The number of rotatable bonds is 5. The van der Waals surface area contributed by atoms with Crippen molar-refractivity contribution in [1.29, 1.82) is 0 Å². The lowest BCUT2D eigenvalue weighted by atomic mass is 10.2. The molecule has 0 radical (unpaired) electrons. The Hall–Kier alpha value is -2.75. The summed E-state index contributed by atoms with van der Waals surface area (Å²) in [5.41, 5.74) is 0.932. The maximum absolute atomic E-state index is 13.1. The Morgan fingerprint density at radius 2 is 1.83 bits per heavy atom. The van der Waals surface area contributed by atoms with E-state index in [2.05, 4.69) is 25.7 Å². The number of hydrogen-bond donors (Lipinski definition) is 2. The predicted octanol–water partition coefficient (Wildman–Crippen LogP) is 2.41. The van der Waals surface area contributed by atoms with Gasteiger partial charge in [-0.25, -0.2) is 9.18 Å². The number of nitrogens with zero attached hydrogens (tertiary/aromatic N) is 4. The molecule has 0 bridgehead atoms. The third-order valence-electron chi connectivity index (χ3n) is 5.09. The standard InChI is InChI=1S/C19H23FN6O2S/c1-12(16(27)22-18-24-23-17(29-18)13-2-3-13)21-19(28)26-10-8-25(9-11-26)15-6-4-14(20)5-7-15/h4-7,12-13H,2-3,8-11H2,1H3,(H,21,28)(H,22,24,27)/t12-/m1/s1. The summed E-state index contributed by atoms with van der Waals surface area (Å²) in [5, 5.41) is 15.0. The normalized spacial score (nSPS) is 17.7. The molecule has 1 aliphatic heterocycles. The number of anilines is 2. The van der Waals surface area contributed by atoms with Crippen LogP contribution in [0.25, 0.3) is 0 Å². The number of carbonyl (C=O) groups is 2. The number of amides is 3. The van der Waals surface area contributed by atoms with Crippen LogP contribution in [-0.4, -0.2) is 59.3 Å². The third kappa shape index (κ3) is 4.81. The summed E-state index contributed by atoms with van der Waals surface area (Å²) >= 11 is 1.39. The van der Waals surface area contributed by atoms with E-state index in [1.807, 2.05) is 0 Å². The fourth-order valence-corrected chi connectivity index (χ4v) is 4.07. The van der Waals surface area contributed by atoms with Gasteiger partial charge in [0.1, 0.15) is 16.9 Å². The zero-order valence-electron chi connectivity index (χ0n) is 16.1. The van der Waals surface area contributed by atoms with Gasteiger partial charge in [-0.05, 0) is 44.0 Å². The van der Waals surface area contributed by atoms with Crippen molar-refractivity contribution in [3.05, 3.63) is 35.1 Å². The minimum absolute atomic E-state index is 0.267. The Balaban J connectivity index is 1.24. The molecule has 10 heteroatoms. The molecule has 29 heavy (non-hydrogen) atoms. The van der Waals surface area contributed by atoms with Gasteiger partial charge in [0.15, 0.2) is 0 Å². The predicted molar refractivity (Wildman–Crippen MR) is 109 cm³/mol. The Morgan fingerprint density at radius 1 is 1.14 bits per heavy atom. The minimum Gasteiger partial charge on any atom is -0.368 e. The van der Waals surface area contributed by atoms with Crippen LogP contribution < -0.4 is 15.5 Å². The number of piperazine rings is 1. The van der Waals surface area contributed by atoms with Gasteiger partial charge < -0.3 is 15.1 Å². The molecule has 1 aliphatic carbocycles. The fraction of sp³-hybridized carbons (Fsp3) is 0.474. The van der Waals surface area contributed by atoms with Crippen molar-refractivity contribution in [3.8, 4) is 0 Å². The molecule has 2 N–H and O–H groups in total. The van der Waals surface area contributed by atoms with Crippen LogP contribution in [-0.2, 0) is 4.79 Å². The SMILES string of the molecule is C[C@@H](NC(=O)N1CCN(c2ccc(F)cc2)CC1)C(=O)Nc1nnc(C2CC2)s1. The Labute approximate surface area is 172 Å². The van der Waals surface area contributed by atoms with E-state index in [4.69, 9.17) is 0 Å². The van der Waals surface area contributed by atoms with Crippen LogP contribution >= 0.6 is 11.3 Å². The summed E-state index contributed by atoms with van der Waals surface area (Å²) < 4.78 is 13.1. The molecule has 2 aliphatic rings. The average molecular weight is 418 g/mol. The van der Waals surface area contributed by atoms with Gasteiger partial charge in [-0.15, -0.1) is 10.2 Å². The number of hydrogen-bond acceptors (Lipinski definition) is 6. The molecular weight excluding hydrogens is 395 g/mol. The molecule has 3 amide bonds. The van der Waals surface area contributed by atoms with Crippen LogP contribution in [0, 0.1) is 5.82 Å². The summed E-state index contributed by atoms with van der Waals surface area (Å²) in [5.74, 6) is -0.0954. The van der Waals surface area contributed by atoms with Gasteiger partial charge in [-0.3, -0.25) is 10.1 Å². The number of carbonyl (C=O) groups excluding carboxylic acids is 2. The maximum Gasteiger partial charge on any atom is 0.318 e. The third-order valence-corrected chi connectivity index (χ3v) is 6.09. The molecule has 1 saturated carbocycles. The first-order chi connectivity index (χ1) is 14.0. The van der Waals surface area contributed by atoms with E-state index in [0.717, 1.165) is 23.5 Å². The van der Waals surface area contributed by atoms with E-state index in [1.165, 1.54) is 23.5 Å². The zero-order valence-corrected chi connectivity index (χ0v) is 16.9. The topological polar surface area (TPSA) is 90.5 Å². The molecule has 0 unspecified atom stereocenters. The molecule has 154 valence electrons. The lowest BCUT2D eigenvalue weighted by Gasteiger charge is -2.36. The van der Waals surface area contributed by atoms with E-state index in [0.29, 0.717) is 37.2 Å². The van der Waals surface area contributed by atoms with Crippen molar-refractivity contribution < 1.29 is 14.0 Å². The van der Waals surface area contributed by atoms with E-state index in [-0.39, 0.29) is 17.8 Å². The number of halogens is 1. The van der Waals surface area contributed by atoms with Crippen molar-refractivity contribution in [2.45, 2.75) is 31.7 Å². The van der Waals surface area contributed by atoms with Gasteiger partial charge in [-0.2, -0.15) is 0 Å². The second-order valence-electron chi connectivity index (χ2n) is 7.33. The molecule has 8 nitrogen and oxygen atoms in total. The van der Waals surface area contributed by atoms with Crippen molar-refractivity contribution in [2.24, 2.45) is 0 Å². The first-order valence-corrected chi connectivity index (χ1v) is 10.5. The molecule has 1 atom stereocenters. The smallest absolute Gasteiger partial charge is 0.318 e. The molecule has 1 aromatic carbocycles. The van der Waals surface area contributed by atoms with Crippen molar-refractivity contribution >= 4 is 34.1 Å². The van der Waals surface area contributed by atoms with Gasteiger partial charge in [0.05, 0.1) is 0 Å². The fourth-order valence-electron chi connectivity index (χ4n) is 3.16. The van der Waals surface area contributed by atoms with Crippen molar-refractivity contribution in [2.75, 3.05) is 36.4 Å². The molecule has 4 rings (SSSR count). The highest BCUT2D eigenvalue weighted by molar-refractivity contribution is 7.15. The van der Waals surface area contributed by atoms with Crippen LogP contribution in [0.2, 0.25) is 0 Å². The summed E-state index contributed by atoms with van der Waals surface area (Å²) in [7, 11) is 0. The van der Waals surface area contributed by atoms with Gasteiger partial charge in [0, 0.05) is 37.8 Å². The van der Waals surface area contributed by atoms with E-state index in [1.54, 1.807) is 24.0 Å². The molecule has 1 saturated heterocycles. The number of benzene rings is 1.